The van der Waals surface area contributed by atoms with Crippen molar-refractivity contribution < 1.29 is 56.4 Å². The molecule has 0 bridgehead atoms. The van der Waals surface area contributed by atoms with E-state index in [1.54, 1.807) is 0 Å². The number of amides is 1. The molecule has 0 aromatic carbocycles. The number of likely N-dealkylation sites (N-methyl/N-ethyl adjacent to an activating group) is 1. The van der Waals surface area contributed by atoms with Crippen LogP contribution in [-0.2, 0) is 47.7 Å². The van der Waals surface area contributed by atoms with Crippen LogP contribution < -0.4 is 10.6 Å². The minimum absolute atomic E-state index is 0.666. The maximum absolute atomic E-state index is 15.5. The van der Waals surface area contributed by atoms with E-state index in [1.165, 1.54) is 7.05 Å². The molecule has 1 rings (SSSR count). The van der Waals surface area contributed by atoms with Crippen LogP contribution in [0.4, 0.5) is 8.78 Å². The fraction of sp³-hybridized carbons (Fsp3) is 0.737. The van der Waals surface area contributed by atoms with Crippen LogP contribution in [0.5, 0.6) is 0 Å². The van der Waals surface area contributed by atoms with Crippen molar-refractivity contribution >= 4 is 29.8 Å². The van der Waals surface area contributed by atoms with Gasteiger partial charge in [-0.1, -0.05) is 0 Å². The molecule has 1 heterocycles. The zero-order chi connectivity index (χ0) is 25.5. The summed E-state index contributed by atoms with van der Waals surface area (Å²) >= 11 is 0. The average molecular weight is 482 g/mol. The molecule has 0 saturated carbocycles. The van der Waals surface area contributed by atoms with E-state index in [0.29, 0.717) is 0 Å². The van der Waals surface area contributed by atoms with Crippen molar-refractivity contribution in [3.63, 3.8) is 0 Å². The summed E-state index contributed by atoms with van der Waals surface area (Å²) in [6.07, 6.45) is -7.83. The molecular weight excluding hydrogens is 454 g/mol. The molecule has 1 aliphatic heterocycles. The van der Waals surface area contributed by atoms with Gasteiger partial charge >= 0.3 is 29.7 Å². The monoisotopic (exact) mass is 482 g/mol. The van der Waals surface area contributed by atoms with E-state index < -0.39 is 78.8 Å². The summed E-state index contributed by atoms with van der Waals surface area (Å²) in [5.41, 5.74) is 0. The lowest BCUT2D eigenvalue weighted by molar-refractivity contribution is -0.282. The Balaban J connectivity index is 3.63. The third-order valence-corrected chi connectivity index (χ3v) is 4.65. The fourth-order valence-corrected chi connectivity index (χ4v) is 3.41. The SMILES string of the molecule is CNC1C(F)[C@](F)(C(=O)OC)OC([C@H](OC(C)=O)[C@@H](COC(C)=O)OC(C)=O)[C@@H]1NC(C)=O. The molecule has 7 atom stereocenters. The highest BCUT2D eigenvalue weighted by Crippen LogP contribution is 2.37. The van der Waals surface area contributed by atoms with Gasteiger partial charge in [-0.25, -0.2) is 9.18 Å². The zero-order valence-electron chi connectivity index (χ0n) is 19.0. The van der Waals surface area contributed by atoms with E-state index in [-0.39, 0.29) is 0 Å². The first-order valence-electron chi connectivity index (χ1n) is 9.79. The number of rotatable bonds is 9. The van der Waals surface area contributed by atoms with Crippen molar-refractivity contribution in [1.82, 2.24) is 10.6 Å². The van der Waals surface area contributed by atoms with Crippen LogP contribution in [-0.4, -0.2) is 93.0 Å². The molecule has 0 spiro atoms. The number of carbonyl (C=O) groups is 5. The number of ether oxygens (including phenoxy) is 5. The number of hydrogen-bond acceptors (Lipinski definition) is 11. The highest BCUT2D eigenvalue weighted by atomic mass is 19.2. The van der Waals surface area contributed by atoms with Crippen LogP contribution >= 0.6 is 0 Å². The Morgan fingerprint density at radius 3 is 2.00 bits per heavy atom. The Labute approximate surface area is 188 Å². The second-order valence-electron chi connectivity index (χ2n) is 7.19. The Morgan fingerprint density at radius 2 is 1.58 bits per heavy atom. The van der Waals surface area contributed by atoms with Crippen molar-refractivity contribution in [3.05, 3.63) is 0 Å². The van der Waals surface area contributed by atoms with E-state index in [2.05, 4.69) is 15.4 Å². The van der Waals surface area contributed by atoms with E-state index in [4.69, 9.17) is 18.9 Å². The summed E-state index contributed by atoms with van der Waals surface area (Å²) in [4.78, 5) is 58.7. The molecule has 0 radical (unpaired) electrons. The van der Waals surface area contributed by atoms with Gasteiger partial charge in [0.1, 0.15) is 12.7 Å². The number of halogens is 2. The topological polar surface area (TPSA) is 156 Å². The largest absolute Gasteiger partial charge is 0.465 e. The van der Waals surface area contributed by atoms with Gasteiger partial charge in [-0.05, 0) is 7.05 Å². The summed E-state index contributed by atoms with van der Waals surface area (Å²) in [5.74, 6) is -8.77. The van der Waals surface area contributed by atoms with Crippen LogP contribution in [0.2, 0.25) is 0 Å². The van der Waals surface area contributed by atoms with Gasteiger partial charge in [0.05, 0.1) is 19.2 Å². The lowest BCUT2D eigenvalue weighted by Crippen LogP contribution is -2.74. The molecule has 0 aromatic rings. The first-order chi connectivity index (χ1) is 15.3. The van der Waals surface area contributed by atoms with E-state index >= 15 is 8.78 Å². The molecule has 2 N–H and O–H groups in total. The maximum atomic E-state index is 15.5. The molecule has 1 amide bonds. The summed E-state index contributed by atoms with van der Waals surface area (Å²) < 4.78 is 55.2. The van der Waals surface area contributed by atoms with Crippen LogP contribution in [0.15, 0.2) is 0 Å². The lowest BCUT2D eigenvalue weighted by Gasteiger charge is -2.48. The van der Waals surface area contributed by atoms with Crippen molar-refractivity contribution in [1.29, 1.82) is 0 Å². The van der Waals surface area contributed by atoms with Crippen LogP contribution in [0.3, 0.4) is 0 Å². The quantitative estimate of drug-likeness (QED) is 0.310. The van der Waals surface area contributed by atoms with Gasteiger partial charge in [-0.3, -0.25) is 19.2 Å². The minimum Gasteiger partial charge on any atom is -0.465 e. The highest BCUT2D eigenvalue weighted by Gasteiger charge is 2.64. The van der Waals surface area contributed by atoms with Gasteiger partial charge in [0.2, 0.25) is 5.91 Å². The smallest absolute Gasteiger partial charge is 0.375 e. The van der Waals surface area contributed by atoms with Gasteiger partial charge in [0, 0.05) is 27.7 Å². The van der Waals surface area contributed by atoms with Crippen LogP contribution in [0.1, 0.15) is 27.7 Å². The number of methoxy groups -OCH3 is 1. The minimum atomic E-state index is -3.69. The van der Waals surface area contributed by atoms with E-state index in [0.717, 1.165) is 34.8 Å². The molecule has 0 aliphatic carbocycles. The number of nitrogens with one attached hydrogen (secondary N) is 2. The Bertz CT molecular complexity index is 767. The highest BCUT2D eigenvalue weighted by molar-refractivity contribution is 5.79. The second kappa shape index (κ2) is 11.8. The molecule has 3 unspecified atom stereocenters. The van der Waals surface area contributed by atoms with Gasteiger partial charge in [0.15, 0.2) is 18.4 Å². The lowest BCUT2D eigenvalue weighted by atomic mass is 9.85. The predicted octanol–water partition coefficient (Wildman–Crippen LogP) is -0.919. The first kappa shape index (κ1) is 28.2. The third kappa shape index (κ3) is 7.05. The number of esters is 4. The van der Waals surface area contributed by atoms with Crippen LogP contribution in [0.25, 0.3) is 0 Å². The molecule has 1 saturated heterocycles. The third-order valence-electron chi connectivity index (χ3n) is 4.65. The molecule has 33 heavy (non-hydrogen) atoms. The summed E-state index contributed by atoms with van der Waals surface area (Å²) in [6, 6.07) is -3.04. The summed E-state index contributed by atoms with van der Waals surface area (Å²) in [5, 5.41) is 4.82. The fourth-order valence-electron chi connectivity index (χ4n) is 3.41. The molecule has 14 heteroatoms. The number of carbonyl (C=O) groups excluding carboxylic acids is 5. The summed E-state index contributed by atoms with van der Waals surface area (Å²) in [7, 11) is 2.03. The Morgan fingerprint density at radius 1 is 1.00 bits per heavy atom. The van der Waals surface area contributed by atoms with Crippen molar-refractivity contribution in [2.45, 2.75) is 70.1 Å². The van der Waals surface area contributed by atoms with Crippen molar-refractivity contribution in [2.75, 3.05) is 20.8 Å². The number of hydrogen-bond donors (Lipinski definition) is 2. The molecule has 1 fully saturated rings. The molecule has 1 aliphatic rings. The summed E-state index contributed by atoms with van der Waals surface area (Å²) in [6.45, 7) is 3.44. The van der Waals surface area contributed by atoms with Gasteiger partial charge < -0.3 is 34.3 Å². The Hall–Kier alpha value is -2.87. The average Bonchev–Trinajstić information content (AvgIpc) is 2.71. The van der Waals surface area contributed by atoms with Gasteiger partial charge in [-0.15, -0.1) is 0 Å². The predicted molar refractivity (Wildman–Crippen MR) is 104 cm³/mol. The Kier molecular flexibility index (Phi) is 10.1. The van der Waals surface area contributed by atoms with Gasteiger partial charge in [0.25, 0.3) is 0 Å². The van der Waals surface area contributed by atoms with Crippen molar-refractivity contribution in [2.24, 2.45) is 0 Å². The number of alkyl halides is 2. The normalized spacial score (nSPS) is 28.6. The first-order valence-corrected chi connectivity index (χ1v) is 9.79. The van der Waals surface area contributed by atoms with Crippen LogP contribution in [0, 0.1) is 0 Å². The van der Waals surface area contributed by atoms with Gasteiger partial charge in [-0.2, -0.15) is 4.39 Å². The molecule has 188 valence electrons. The standard InChI is InChI=1S/C19H28F2N2O10/c1-8(24)23-13-14(22-5)17(20)19(21,18(28)29-6)33-16(13)15(32-11(4)27)12(31-10(3)26)7-30-9(2)25/h12-17,22H,7H2,1-6H3,(H,23,24)/t12-,13-,14?,15-,16?,17?,19-/m1/s1. The van der Waals surface area contributed by atoms with E-state index in [9.17, 15) is 24.0 Å². The zero-order valence-corrected chi connectivity index (χ0v) is 19.0. The van der Waals surface area contributed by atoms with Crippen molar-refractivity contribution in [3.8, 4) is 0 Å². The molecular formula is C19H28F2N2O10. The second-order valence-corrected chi connectivity index (χ2v) is 7.19. The maximum Gasteiger partial charge on any atom is 0.375 e. The van der Waals surface area contributed by atoms with E-state index in [1.807, 2.05) is 0 Å². The molecule has 12 nitrogen and oxygen atoms in total. The molecule has 0 aromatic heterocycles.